The summed E-state index contributed by atoms with van der Waals surface area (Å²) < 4.78 is 12.8. The van der Waals surface area contributed by atoms with Gasteiger partial charge in [-0.1, -0.05) is 29.8 Å². The molecule has 0 atom stereocenters. The standard InChI is InChI=1S/C23H25N3O2S/c1-6-11-24-23-26(25-14-18-12-16(2)7-8-17(18)3)21(15-29-23)20-13-19(27-4)9-10-22(20)28-5/h6-10,12-15H,1,11H2,2-5H3. The molecular weight excluding hydrogens is 382 g/mol. The third-order valence-corrected chi connectivity index (χ3v) is 5.32. The molecule has 0 bridgehead atoms. The molecule has 29 heavy (non-hydrogen) atoms. The molecule has 150 valence electrons. The second-order valence-electron chi connectivity index (χ2n) is 6.52. The molecule has 3 rings (SSSR count). The largest absolute Gasteiger partial charge is 0.497 e. The van der Waals surface area contributed by atoms with Crippen molar-refractivity contribution in [2.75, 3.05) is 20.8 Å². The van der Waals surface area contributed by atoms with Crippen LogP contribution in [0.15, 0.2) is 64.5 Å². The Balaban J connectivity index is 2.18. The Morgan fingerprint density at radius 3 is 2.66 bits per heavy atom. The molecule has 0 aliphatic carbocycles. The summed E-state index contributed by atoms with van der Waals surface area (Å²) in [5.74, 6) is 1.50. The van der Waals surface area contributed by atoms with Crippen molar-refractivity contribution in [3.05, 3.63) is 75.9 Å². The molecule has 1 heterocycles. The molecule has 0 spiro atoms. The maximum atomic E-state index is 5.58. The summed E-state index contributed by atoms with van der Waals surface area (Å²) in [5.41, 5.74) is 5.21. The first-order valence-electron chi connectivity index (χ1n) is 9.23. The second-order valence-corrected chi connectivity index (χ2v) is 7.35. The van der Waals surface area contributed by atoms with E-state index in [0.717, 1.165) is 33.1 Å². The minimum absolute atomic E-state index is 0.522. The Bertz CT molecular complexity index is 1110. The molecule has 0 unspecified atom stereocenters. The molecule has 3 aromatic rings. The number of thiazole rings is 1. The topological polar surface area (TPSA) is 48.1 Å². The molecule has 5 nitrogen and oxygen atoms in total. The van der Waals surface area contributed by atoms with Crippen molar-refractivity contribution in [1.29, 1.82) is 0 Å². The SMILES string of the molecule is C=CCN=c1scc(-c2cc(OC)ccc2OC)n1N=Cc1cc(C)ccc1C. The number of aryl methyl sites for hydroxylation is 2. The molecular formula is C23H25N3O2S. The van der Waals surface area contributed by atoms with E-state index in [4.69, 9.17) is 14.6 Å². The Morgan fingerprint density at radius 1 is 1.10 bits per heavy atom. The monoisotopic (exact) mass is 407 g/mol. The zero-order chi connectivity index (χ0) is 20.8. The fourth-order valence-corrected chi connectivity index (χ4v) is 3.72. The fourth-order valence-electron chi connectivity index (χ4n) is 2.88. The Kier molecular flexibility index (Phi) is 6.67. The lowest BCUT2D eigenvalue weighted by Crippen LogP contribution is -2.13. The highest BCUT2D eigenvalue weighted by molar-refractivity contribution is 7.07. The molecule has 0 amide bonds. The van der Waals surface area contributed by atoms with Crippen LogP contribution in [0.1, 0.15) is 16.7 Å². The van der Waals surface area contributed by atoms with E-state index in [1.165, 1.54) is 22.5 Å². The summed E-state index contributed by atoms with van der Waals surface area (Å²) in [4.78, 5) is 5.38. The number of hydrogen-bond acceptors (Lipinski definition) is 5. The number of rotatable bonds is 7. The second kappa shape index (κ2) is 9.39. The van der Waals surface area contributed by atoms with E-state index >= 15 is 0 Å². The molecule has 0 saturated carbocycles. The predicted molar refractivity (Wildman–Crippen MR) is 120 cm³/mol. The van der Waals surface area contributed by atoms with Crippen molar-refractivity contribution >= 4 is 17.6 Å². The van der Waals surface area contributed by atoms with Crippen LogP contribution in [-0.2, 0) is 0 Å². The van der Waals surface area contributed by atoms with Crippen LogP contribution in [0.5, 0.6) is 11.5 Å². The van der Waals surface area contributed by atoms with Crippen molar-refractivity contribution in [2.45, 2.75) is 13.8 Å². The maximum absolute atomic E-state index is 5.58. The third-order valence-electron chi connectivity index (χ3n) is 4.47. The highest BCUT2D eigenvalue weighted by Gasteiger charge is 2.14. The predicted octanol–water partition coefficient (Wildman–Crippen LogP) is 4.82. The van der Waals surface area contributed by atoms with Crippen LogP contribution in [0.3, 0.4) is 0 Å². The van der Waals surface area contributed by atoms with E-state index in [0.29, 0.717) is 6.54 Å². The molecule has 0 fully saturated rings. The summed E-state index contributed by atoms with van der Waals surface area (Å²) in [6.45, 7) is 8.44. The fraction of sp³-hybridized carbons (Fsp3) is 0.217. The van der Waals surface area contributed by atoms with Crippen LogP contribution in [0.4, 0.5) is 0 Å². The molecule has 2 aromatic carbocycles. The Hall–Kier alpha value is -3.12. The first-order valence-corrected chi connectivity index (χ1v) is 10.1. The van der Waals surface area contributed by atoms with Gasteiger partial charge in [-0.3, -0.25) is 4.99 Å². The van der Waals surface area contributed by atoms with Crippen molar-refractivity contribution in [1.82, 2.24) is 4.68 Å². The van der Waals surface area contributed by atoms with E-state index in [2.05, 4.69) is 43.6 Å². The van der Waals surface area contributed by atoms with Gasteiger partial charge in [0.2, 0.25) is 4.80 Å². The molecule has 0 N–H and O–H groups in total. The third kappa shape index (κ3) is 4.66. The van der Waals surface area contributed by atoms with Gasteiger partial charge in [-0.15, -0.1) is 17.9 Å². The molecule has 0 saturated heterocycles. The average Bonchev–Trinajstić information content (AvgIpc) is 3.14. The van der Waals surface area contributed by atoms with E-state index in [1.54, 1.807) is 20.3 Å². The van der Waals surface area contributed by atoms with Gasteiger partial charge in [0.1, 0.15) is 11.5 Å². The van der Waals surface area contributed by atoms with Crippen LogP contribution < -0.4 is 14.3 Å². The lowest BCUT2D eigenvalue weighted by atomic mass is 10.1. The van der Waals surface area contributed by atoms with E-state index in [9.17, 15) is 0 Å². The van der Waals surface area contributed by atoms with E-state index in [-0.39, 0.29) is 0 Å². The van der Waals surface area contributed by atoms with Gasteiger partial charge in [0.25, 0.3) is 0 Å². The number of aromatic nitrogens is 1. The van der Waals surface area contributed by atoms with E-state index < -0.39 is 0 Å². The number of nitrogens with zero attached hydrogens (tertiary/aromatic N) is 3. The van der Waals surface area contributed by atoms with Crippen LogP contribution >= 0.6 is 11.3 Å². The first kappa shape index (κ1) is 20.6. The molecule has 1 aromatic heterocycles. The maximum Gasteiger partial charge on any atom is 0.206 e. The minimum Gasteiger partial charge on any atom is -0.497 e. The van der Waals surface area contributed by atoms with Crippen LogP contribution in [0, 0.1) is 13.8 Å². The number of ether oxygens (including phenoxy) is 2. The zero-order valence-electron chi connectivity index (χ0n) is 17.2. The summed E-state index contributed by atoms with van der Waals surface area (Å²) in [6.07, 6.45) is 3.64. The van der Waals surface area contributed by atoms with Gasteiger partial charge < -0.3 is 9.47 Å². The van der Waals surface area contributed by atoms with Gasteiger partial charge >= 0.3 is 0 Å². The lowest BCUT2D eigenvalue weighted by molar-refractivity contribution is 0.404. The van der Waals surface area contributed by atoms with Gasteiger partial charge in [-0.05, 0) is 43.2 Å². The van der Waals surface area contributed by atoms with Crippen LogP contribution in [0.2, 0.25) is 0 Å². The van der Waals surface area contributed by atoms with Crippen molar-refractivity contribution in [3.63, 3.8) is 0 Å². The summed E-state index contributed by atoms with van der Waals surface area (Å²) in [5, 5.41) is 6.80. The number of benzene rings is 2. The van der Waals surface area contributed by atoms with Crippen molar-refractivity contribution < 1.29 is 9.47 Å². The van der Waals surface area contributed by atoms with Gasteiger partial charge in [-0.2, -0.15) is 5.10 Å². The van der Waals surface area contributed by atoms with Crippen LogP contribution in [-0.4, -0.2) is 31.7 Å². The molecule has 0 aliphatic rings. The molecule has 0 aliphatic heterocycles. The van der Waals surface area contributed by atoms with Gasteiger partial charge in [0.15, 0.2) is 0 Å². The molecule has 6 heteroatoms. The Morgan fingerprint density at radius 2 is 1.93 bits per heavy atom. The quantitative estimate of drug-likeness (QED) is 0.416. The first-order chi connectivity index (χ1) is 14.1. The Labute approximate surface area is 175 Å². The average molecular weight is 408 g/mol. The summed E-state index contributed by atoms with van der Waals surface area (Å²) in [6, 6.07) is 12.0. The van der Waals surface area contributed by atoms with Crippen LogP contribution in [0.25, 0.3) is 11.3 Å². The van der Waals surface area contributed by atoms with Gasteiger partial charge in [0.05, 0.1) is 32.7 Å². The van der Waals surface area contributed by atoms with E-state index in [1.807, 2.05) is 34.5 Å². The van der Waals surface area contributed by atoms with Gasteiger partial charge in [-0.25, -0.2) is 4.68 Å². The number of hydrogen-bond donors (Lipinski definition) is 0. The highest BCUT2D eigenvalue weighted by Crippen LogP contribution is 2.33. The van der Waals surface area contributed by atoms with Gasteiger partial charge in [0, 0.05) is 10.9 Å². The lowest BCUT2D eigenvalue weighted by Gasteiger charge is -2.11. The summed E-state index contributed by atoms with van der Waals surface area (Å²) in [7, 11) is 3.31. The normalized spacial score (nSPS) is 11.8. The minimum atomic E-state index is 0.522. The number of methoxy groups -OCH3 is 2. The summed E-state index contributed by atoms with van der Waals surface area (Å²) >= 11 is 1.52. The van der Waals surface area contributed by atoms with Crippen molar-refractivity contribution in [3.8, 4) is 22.8 Å². The smallest absolute Gasteiger partial charge is 0.206 e. The highest BCUT2D eigenvalue weighted by atomic mass is 32.1. The zero-order valence-corrected chi connectivity index (χ0v) is 18.0. The molecule has 0 radical (unpaired) electrons. The van der Waals surface area contributed by atoms with Crippen molar-refractivity contribution in [2.24, 2.45) is 10.1 Å².